The molecule has 9 nitrogen and oxygen atoms in total. The molecular formula is C26H35N7O2. The van der Waals surface area contributed by atoms with Crippen LogP contribution in [-0.4, -0.2) is 70.7 Å². The van der Waals surface area contributed by atoms with Crippen molar-refractivity contribution in [3.05, 3.63) is 53.9 Å². The summed E-state index contributed by atoms with van der Waals surface area (Å²) in [6.07, 6.45) is 7.93. The summed E-state index contributed by atoms with van der Waals surface area (Å²) in [5, 5.41) is 3.37. The van der Waals surface area contributed by atoms with Gasteiger partial charge in [0, 0.05) is 55.7 Å². The van der Waals surface area contributed by atoms with Crippen LogP contribution < -0.4 is 20.9 Å². The fourth-order valence-electron chi connectivity index (χ4n) is 6.62. The number of piperidine rings is 1. The number of fused-ring (bicyclic) bond motifs is 2. The molecule has 4 fully saturated rings. The van der Waals surface area contributed by atoms with Gasteiger partial charge < -0.3 is 15.0 Å². The molecule has 0 spiro atoms. The van der Waals surface area contributed by atoms with Crippen molar-refractivity contribution in [2.45, 2.75) is 56.4 Å². The van der Waals surface area contributed by atoms with E-state index in [4.69, 9.17) is 4.74 Å². The quantitative estimate of drug-likeness (QED) is 0.607. The van der Waals surface area contributed by atoms with Crippen LogP contribution in [0.2, 0.25) is 0 Å². The number of ether oxygens (including phenoxy) is 1. The third kappa shape index (κ3) is 4.60. The van der Waals surface area contributed by atoms with Gasteiger partial charge in [0.1, 0.15) is 0 Å². The Morgan fingerprint density at radius 3 is 2.69 bits per heavy atom. The second kappa shape index (κ2) is 9.72. The molecular weight excluding hydrogens is 442 g/mol. The standard InChI is InChI=1S/C26H35N7O2/c1-35-25-27-12-19(13-28-25)24-21-10-18-15-33(26(34)29-22(18)11-23(21)30-31-24)20-8-5-9-32(16-20)14-17-6-3-2-4-7-17/h2-4,6-7,12-13,18,20-24,30-31H,5,8-11,14-16H2,1H3,(H,29,34)/t18?,20-,21?,22?,23?,24?/m0/s1. The first-order chi connectivity index (χ1) is 17.2. The monoisotopic (exact) mass is 477 g/mol. The van der Waals surface area contributed by atoms with E-state index in [9.17, 15) is 4.79 Å². The first kappa shape index (κ1) is 22.7. The number of carbonyl (C=O) groups excluding carboxylic acids is 1. The third-order valence-electron chi connectivity index (χ3n) is 8.38. The van der Waals surface area contributed by atoms with Crippen LogP contribution in [-0.2, 0) is 6.54 Å². The summed E-state index contributed by atoms with van der Waals surface area (Å²) in [5.74, 6) is 0.882. The molecule has 4 heterocycles. The number of amides is 2. The first-order valence-corrected chi connectivity index (χ1v) is 12.9. The van der Waals surface area contributed by atoms with E-state index in [0.717, 1.165) is 57.4 Å². The molecule has 1 aromatic heterocycles. The average molecular weight is 478 g/mol. The molecule has 2 aromatic rings. The Kier molecular flexibility index (Phi) is 6.30. The van der Waals surface area contributed by atoms with E-state index in [2.05, 4.69) is 66.3 Å². The van der Waals surface area contributed by atoms with Crippen LogP contribution in [0.1, 0.15) is 42.9 Å². The van der Waals surface area contributed by atoms with Crippen LogP contribution in [0.25, 0.3) is 0 Å². The Bertz CT molecular complexity index is 1020. The van der Waals surface area contributed by atoms with Gasteiger partial charge in [0.05, 0.1) is 13.2 Å². The van der Waals surface area contributed by atoms with E-state index in [1.807, 2.05) is 12.4 Å². The fourth-order valence-corrected chi connectivity index (χ4v) is 6.62. The molecule has 186 valence electrons. The number of urea groups is 1. The Hall–Kier alpha value is -2.75. The van der Waals surface area contributed by atoms with Crippen molar-refractivity contribution in [2.75, 3.05) is 26.7 Å². The molecule has 3 saturated heterocycles. The number of nitrogens with zero attached hydrogens (tertiary/aromatic N) is 4. The van der Waals surface area contributed by atoms with Gasteiger partial charge >= 0.3 is 12.0 Å². The third-order valence-corrected chi connectivity index (χ3v) is 8.38. The molecule has 6 atom stereocenters. The van der Waals surface area contributed by atoms with E-state index in [1.165, 1.54) is 5.56 Å². The molecule has 1 aliphatic carbocycles. The second-order valence-electron chi connectivity index (χ2n) is 10.5. The Balaban J connectivity index is 1.12. The molecule has 3 aliphatic heterocycles. The highest BCUT2D eigenvalue weighted by atomic mass is 16.5. The van der Waals surface area contributed by atoms with Crippen molar-refractivity contribution in [3.8, 4) is 6.01 Å². The van der Waals surface area contributed by atoms with Gasteiger partial charge in [-0.25, -0.2) is 20.2 Å². The lowest BCUT2D eigenvalue weighted by Crippen LogP contribution is -2.64. The molecule has 2 amide bonds. The van der Waals surface area contributed by atoms with Gasteiger partial charge in [-0.15, -0.1) is 0 Å². The Morgan fingerprint density at radius 1 is 1.06 bits per heavy atom. The van der Waals surface area contributed by atoms with E-state index < -0.39 is 0 Å². The van der Waals surface area contributed by atoms with E-state index in [-0.39, 0.29) is 24.2 Å². The minimum atomic E-state index is 0.113. The van der Waals surface area contributed by atoms with Crippen molar-refractivity contribution in [3.63, 3.8) is 0 Å². The van der Waals surface area contributed by atoms with E-state index >= 15 is 0 Å². The van der Waals surface area contributed by atoms with Crippen molar-refractivity contribution in [1.82, 2.24) is 35.9 Å². The number of benzene rings is 1. The summed E-state index contributed by atoms with van der Waals surface area (Å²) in [6, 6.07) is 12.1. The zero-order valence-electron chi connectivity index (χ0n) is 20.3. The summed E-state index contributed by atoms with van der Waals surface area (Å²) in [7, 11) is 1.58. The molecule has 9 heteroatoms. The number of nitrogens with one attached hydrogen (secondary N) is 3. The predicted molar refractivity (Wildman–Crippen MR) is 131 cm³/mol. The van der Waals surface area contributed by atoms with Crippen LogP contribution in [0.4, 0.5) is 4.79 Å². The predicted octanol–water partition coefficient (Wildman–Crippen LogP) is 2.09. The molecule has 35 heavy (non-hydrogen) atoms. The molecule has 1 saturated carbocycles. The Labute approximate surface area is 206 Å². The molecule has 6 rings (SSSR count). The number of likely N-dealkylation sites (tertiary alicyclic amines) is 1. The average Bonchev–Trinajstić information content (AvgIpc) is 3.30. The van der Waals surface area contributed by atoms with Crippen LogP contribution >= 0.6 is 0 Å². The molecule has 3 N–H and O–H groups in total. The van der Waals surface area contributed by atoms with E-state index in [0.29, 0.717) is 23.9 Å². The fraction of sp³-hybridized carbons (Fsp3) is 0.577. The molecule has 4 aliphatic rings. The highest BCUT2D eigenvalue weighted by Gasteiger charge is 2.48. The summed E-state index contributed by atoms with van der Waals surface area (Å²) in [5.41, 5.74) is 9.36. The lowest BCUT2D eigenvalue weighted by Gasteiger charge is -2.49. The van der Waals surface area contributed by atoms with Gasteiger partial charge in [0.15, 0.2) is 0 Å². The number of carbonyl (C=O) groups is 1. The number of rotatable bonds is 5. The van der Waals surface area contributed by atoms with Gasteiger partial charge in [-0.1, -0.05) is 30.3 Å². The van der Waals surface area contributed by atoms with Gasteiger partial charge in [-0.05, 0) is 49.6 Å². The van der Waals surface area contributed by atoms with Gasteiger partial charge in [-0.2, -0.15) is 0 Å². The van der Waals surface area contributed by atoms with Crippen LogP contribution in [0.15, 0.2) is 42.7 Å². The van der Waals surface area contributed by atoms with Crippen molar-refractivity contribution < 1.29 is 9.53 Å². The van der Waals surface area contributed by atoms with Crippen molar-refractivity contribution in [1.29, 1.82) is 0 Å². The van der Waals surface area contributed by atoms with Gasteiger partial charge in [0.25, 0.3) is 0 Å². The number of hydrazine groups is 1. The van der Waals surface area contributed by atoms with Gasteiger partial charge in [0.2, 0.25) is 0 Å². The Morgan fingerprint density at radius 2 is 1.89 bits per heavy atom. The van der Waals surface area contributed by atoms with Crippen LogP contribution in [0.5, 0.6) is 6.01 Å². The number of hydrogen-bond donors (Lipinski definition) is 3. The highest BCUT2D eigenvalue weighted by Crippen LogP contribution is 2.42. The zero-order valence-corrected chi connectivity index (χ0v) is 20.3. The lowest BCUT2D eigenvalue weighted by atomic mass is 9.71. The smallest absolute Gasteiger partial charge is 0.317 e. The number of aromatic nitrogens is 2. The van der Waals surface area contributed by atoms with Crippen molar-refractivity contribution >= 4 is 6.03 Å². The largest absolute Gasteiger partial charge is 0.467 e. The summed E-state index contributed by atoms with van der Waals surface area (Å²) in [4.78, 5) is 26.4. The maximum absolute atomic E-state index is 13.2. The first-order valence-electron chi connectivity index (χ1n) is 12.9. The SMILES string of the molecule is COc1ncc(C2NNC3CC4NC(=O)N([C@H]5CCCN(Cc6ccccc6)C5)CC4CC32)cn1. The van der Waals surface area contributed by atoms with E-state index in [1.54, 1.807) is 7.11 Å². The second-order valence-corrected chi connectivity index (χ2v) is 10.5. The van der Waals surface area contributed by atoms with Crippen LogP contribution in [0.3, 0.4) is 0 Å². The molecule has 1 aromatic carbocycles. The molecule has 5 unspecified atom stereocenters. The lowest BCUT2D eigenvalue weighted by molar-refractivity contribution is 0.0523. The minimum Gasteiger partial charge on any atom is -0.467 e. The summed E-state index contributed by atoms with van der Waals surface area (Å²) >= 11 is 0. The number of methoxy groups -OCH3 is 1. The molecule has 0 bridgehead atoms. The summed E-state index contributed by atoms with van der Waals surface area (Å²) in [6.45, 7) is 3.83. The van der Waals surface area contributed by atoms with Gasteiger partial charge in [-0.3, -0.25) is 10.3 Å². The topological polar surface area (TPSA) is 94.6 Å². The number of hydrogen-bond acceptors (Lipinski definition) is 7. The minimum absolute atomic E-state index is 0.113. The highest BCUT2D eigenvalue weighted by molar-refractivity contribution is 5.76. The maximum Gasteiger partial charge on any atom is 0.317 e. The van der Waals surface area contributed by atoms with Crippen molar-refractivity contribution in [2.24, 2.45) is 11.8 Å². The molecule has 0 radical (unpaired) electrons. The maximum atomic E-state index is 13.2. The normalized spacial score (nSPS) is 33.1. The van der Waals surface area contributed by atoms with Crippen LogP contribution in [0, 0.1) is 11.8 Å². The zero-order chi connectivity index (χ0) is 23.8. The summed E-state index contributed by atoms with van der Waals surface area (Å²) < 4.78 is 5.12.